The fraction of sp³-hybridized carbons (Fsp3) is 0.320. The van der Waals surface area contributed by atoms with Crippen LogP contribution in [0.4, 0.5) is 0 Å². The molecule has 0 unspecified atom stereocenters. The summed E-state index contributed by atoms with van der Waals surface area (Å²) in [5, 5.41) is 9.59. The summed E-state index contributed by atoms with van der Waals surface area (Å²) in [7, 11) is 0. The maximum atomic E-state index is 9.59. The number of hydrogen-bond donors (Lipinski definition) is 1. The van der Waals surface area contributed by atoms with E-state index in [0.717, 1.165) is 47.0 Å². The number of hydrogen-bond acceptors (Lipinski definition) is 4. The Morgan fingerprint density at radius 3 is 2.28 bits per heavy atom. The van der Waals surface area contributed by atoms with Crippen LogP contribution in [0.1, 0.15) is 25.0 Å². The molecule has 1 aliphatic heterocycles. The molecule has 29 heavy (non-hydrogen) atoms. The SMILES string of the molecule is Cc1ccc(-c2ccc(O)cc2)c(-c2ccc(OCCN3CCCCC3)cc2)n1. The molecule has 4 nitrogen and oxygen atoms in total. The first-order chi connectivity index (χ1) is 14.2. The Morgan fingerprint density at radius 1 is 0.862 bits per heavy atom. The summed E-state index contributed by atoms with van der Waals surface area (Å²) >= 11 is 0. The van der Waals surface area contributed by atoms with Gasteiger partial charge in [-0.1, -0.05) is 24.6 Å². The Kier molecular flexibility index (Phi) is 6.11. The van der Waals surface area contributed by atoms with Crippen molar-refractivity contribution in [1.82, 2.24) is 9.88 Å². The molecule has 0 spiro atoms. The number of phenols is 1. The molecule has 0 aliphatic carbocycles. The first kappa shape index (κ1) is 19.5. The number of aryl methyl sites for hydroxylation is 1. The van der Waals surface area contributed by atoms with Gasteiger partial charge < -0.3 is 9.84 Å². The lowest BCUT2D eigenvalue weighted by Crippen LogP contribution is -2.33. The minimum absolute atomic E-state index is 0.265. The zero-order valence-corrected chi connectivity index (χ0v) is 17.0. The molecule has 0 bridgehead atoms. The molecule has 0 atom stereocenters. The second kappa shape index (κ2) is 9.10. The molecule has 1 fully saturated rings. The third kappa shape index (κ3) is 4.96. The number of aromatic hydroxyl groups is 1. The van der Waals surface area contributed by atoms with E-state index in [2.05, 4.69) is 23.1 Å². The van der Waals surface area contributed by atoms with Crippen LogP contribution in [0, 0.1) is 6.92 Å². The van der Waals surface area contributed by atoms with Gasteiger partial charge >= 0.3 is 0 Å². The summed E-state index contributed by atoms with van der Waals surface area (Å²) in [6, 6.07) is 19.6. The van der Waals surface area contributed by atoms with E-state index in [4.69, 9.17) is 9.72 Å². The highest BCUT2D eigenvalue weighted by molar-refractivity contribution is 5.81. The van der Waals surface area contributed by atoms with Crippen LogP contribution in [-0.2, 0) is 0 Å². The Morgan fingerprint density at radius 2 is 1.55 bits per heavy atom. The topological polar surface area (TPSA) is 45.6 Å². The summed E-state index contributed by atoms with van der Waals surface area (Å²) in [5.74, 6) is 1.16. The summed E-state index contributed by atoms with van der Waals surface area (Å²) in [4.78, 5) is 7.27. The molecular formula is C25H28N2O2. The van der Waals surface area contributed by atoms with Crippen LogP contribution in [0.25, 0.3) is 22.4 Å². The van der Waals surface area contributed by atoms with Crippen molar-refractivity contribution in [3.63, 3.8) is 0 Å². The number of benzene rings is 2. The van der Waals surface area contributed by atoms with Crippen LogP contribution < -0.4 is 4.74 Å². The van der Waals surface area contributed by atoms with Crippen molar-refractivity contribution in [2.24, 2.45) is 0 Å². The van der Waals surface area contributed by atoms with Crippen LogP contribution in [0.15, 0.2) is 60.7 Å². The van der Waals surface area contributed by atoms with Gasteiger partial charge in [-0.3, -0.25) is 9.88 Å². The average Bonchev–Trinajstić information content (AvgIpc) is 2.76. The van der Waals surface area contributed by atoms with Crippen molar-refractivity contribution in [2.75, 3.05) is 26.2 Å². The number of nitrogens with zero attached hydrogens (tertiary/aromatic N) is 2. The van der Waals surface area contributed by atoms with Crippen LogP contribution in [-0.4, -0.2) is 41.2 Å². The van der Waals surface area contributed by atoms with Crippen LogP contribution in [0.2, 0.25) is 0 Å². The molecule has 4 rings (SSSR count). The number of phenolic OH excluding ortho intramolecular Hbond substituents is 1. The third-order valence-corrected chi connectivity index (χ3v) is 5.47. The molecule has 0 radical (unpaired) electrons. The van der Waals surface area contributed by atoms with E-state index in [9.17, 15) is 5.11 Å². The number of likely N-dealkylation sites (tertiary alicyclic amines) is 1. The Hall–Kier alpha value is -2.85. The van der Waals surface area contributed by atoms with Gasteiger partial charge in [-0.05, 0) is 80.9 Å². The first-order valence-electron chi connectivity index (χ1n) is 10.4. The lowest BCUT2D eigenvalue weighted by molar-refractivity contribution is 0.183. The largest absolute Gasteiger partial charge is 0.508 e. The molecule has 150 valence electrons. The Labute approximate surface area is 172 Å². The zero-order chi connectivity index (χ0) is 20.1. The van der Waals surface area contributed by atoms with E-state index in [1.165, 1.54) is 32.4 Å². The highest BCUT2D eigenvalue weighted by atomic mass is 16.5. The molecule has 1 aromatic heterocycles. The Balaban J connectivity index is 1.48. The second-order valence-electron chi connectivity index (χ2n) is 7.67. The van der Waals surface area contributed by atoms with Gasteiger partial charge in [0.25, 0.3) is 0 Å². The molecule has 1 saturated heterocycles. The van der Waals surface area contributed by atoms with E-state index >= 15 is 0 Å². The zero-order valence-electron chi connectivity index (χ0n) is 17.0. The van der Waals surface area contributed by atoms with Crippen LogP contribution >= 0.6 is 0 Å². The second-order valence-corrected chi connectivity index (χ2v) is 7.67. The lowest BCUT2D eigenvalue weighted by Gasteiger charge is -2.26. The van der Waals surface area contributed by atoms with Crippen molar-refractivity contribution in [3.05, 3.63) is 66.4 Å². The normalized spacial score (nSPS) is 14.7. The van der Waals surface area contributed by atoms with Gasteiger partial charge in [-0.2, -0.15) is 0 Å². The number of piperidine rings is 1. The fourth-order valence-corrected chi connectivity index (χ4v) is 3.84. The predicted molar refractivity (Wildman–Crippen MR) is 117 cm³/mol. The summed E-state index contributed by atoms with van der Waals surface area (Å²) < 4.78 is 5.96. The maximum Gasteiger partial charge on any atom is 0.119 e. The highest BCUT2D eigenvalue weighted by Gasteiger charge is 2.11. The number of rotatable bonds is 6. The number of aromatic nitrogens is 1. The van der Waals surface area contributed by atoms with Gasteiger partial charge in [0.05, 0.1) is 5.69 Å². The molecule has 0 amide bonds. The van der Waals surface area contributed by atoms with Crippen molar-refractivity contribution >= 4 is 0 Å². The highest BCUT2D eigenvalue weighted by Crippen LogP contribution is 2.32. The lowest BCUT2D eigenvalue weighted by atomic mass is 9.99. The molecule has 4 heteroatoms. The number of ether oxygens (including phenoxy) is 1. The summed E-state index contributed by atoms with van der Waals surface area (Å²) in [6.45, 7) is 6.11. The maximum absolute atomic E-state index is 9.59. The van der Waals surface area contributed by atoms with E-state index in [0.29, 0.717) is 0 Å². The van der Waals surface area contributed by atoms with Gasteiger partial charge in [-0.15, -0.1) is 0 Å². The molecule has 1 aliphatic rings. The predicted octanol–water partition coefficient (Wildman–Crippen LogP) is 5.29. The van der Waals surface area contributed by atoms with Gasteiger partial charge in [-0.25, -0.2) is 0 Å². The van der Waals surface area contributed by atoms with E-state index in [1.54, 1.807) is 12.1 Å². The summed E-state index contributed by atoms with van der Waals surface area (Å²) in [5.41, 5.74) is 5.06. The van der Waals surface area contributed by atoms with Gasteiger partial charge in [0, 0.05) is 23.4 Å². The van der Waals surface area contributed by atoms with Gasteiger partial charge in [0.15, 0.2) is 0 Å². The quantitative estimate of drug-likeness (QED) is 0.623. The minimum atomic E-state index is 0.265. The van der Waals surface area contributed by atoms with Crippen molar-refractivity contribution < 1.29 is 9.84 Å². The van der Waals surface area contributed by atoms with Gasteiger partial charge in [0.2, 0.25) is 0 Å². The molecule has 2 heterocycles. The first-order valence-corrected chi connectivity index (χ1v) is 10.4. The molecule has 3 aromatic rings. The minimum Gasteiger partial charge on any atom is -0.508 e. The molecule has 0 saturated carbocycles. The average molecular weight is 389 g/mol. The smallest absolute Gasteiger partial charge is 0.119 e. The van der Waals surface area contributed by atoms with Crippen LogP contribution in [0.3, 0.4) is 0 Å². The Bertz CT molecular complexity index is 930. The van der Waals surface area contributed by atoms with Crippen molar-refractivity contribution in [1.29, 1.82) is 0 Å². The van der Waals surface area contributed by atoms with E-state index in [-0.39, 0.29) is 5.75 Å². The molecular weight excluding hydrogens is 360 g/mol. The van der Waals surface area contributed by atoms with E-state index < -0.39 is 0 Å². The van der Waals surface area contributed by atoms with Crippen molar-refractivity contribution in [2.45, 2.75) is 26.2 Å². The fourth-order valence-electron chi connectivity index (χ4n) is 3.84. The van der Waals surface area contributed by atoms with E-state index in [1.807, 2.05) is 37.3 Å². The number of pyridine rings is 1. The molecule has 2 aromatic carbocycles. The van der Waals surface area contributed by atoms with Gasteiger partial charge in [0.1, 0.15) is 18.1 Å². The third-order valence-electron chi connectivity index (χ3n) is 5.47. The van der Waals surface area contributed by atoms with Crippen LogP contribution in [0.5, 0.6) is 11.5 Å². The molecule has 1 N–H and O–H groups in total. The summed E-state index contributed by atoms with van der Waals surface area (Å²) in [6.07, 6.45) is 3.97. The standard InChI is InChI=1S/C25H28N2O2/c1-19-5-14-24(20-6-10-22(28)11-7-20)25(26-19)21-8-12-23(13-9-21)29-18-17-27-15-3-2-4-16-27/h5-14,28H,2-4,15-18H2,1H3. The van der Waals surface area contributed by atoms with Crippen molar-refractivity contribution in [3.8, 4) is 33.9 Å². The monoisotopic (exact) mass is 388 g/mol.